The minimum absolute atomic E-state index is 0.348. The zero-order chi connectivity index (χ0) is 15.2. The molecule has 0 aliphatic rings. The highest BCUT2D eigenvalue weighted by Gasteiger charge is 2.12. The first-order chi connectivity index (χ1) is 10.1. The second-order valence-corrected chi connectivity index (χ2v) is 5.64. The van der Waals surface area contributed by atoms with Crippen molar-refractivity contribution in [2.45, 2.75) is 33.1 Å². The van der Waals surface area contributed by atoms with Gasteiger partial charge in [0.25, 0.3) is 0 Å². The highest BCUT2D eigenvalue weighted by atomic mass is 16.5. The molecule has 0 aromatic heterocycles. The Kier molecular flexibility index (Phi) is 5.40. The zero-order valence-electron chi connectivity index (χ0n) is 13.2. The van der Waals surface area contributed by atoms with Gasteiger partial charge in [-0.15, -0.1) is 0 Å². The Morgan fingerprint density at radius 3 is 2.38 bits per heavy atom. The minimum atomic E-state index is 0.348. The summed E-state index contributed by atoms with van der Waals surface area (Å²) < 4.78 is 5.57. The third-order valence-corrected chi connectivity index (χ3v) is 3.69. The number of rotatable bonds is 6. The van der Waals surface area contributed by atoms with Gasteiger partial charge in [0, 0.05) is 5.92 Å². The third kappa shape index (κ3) is 4.33. The van der Waals surface area contributed by atoms with Crippen molar-refractivity contribution in [3.05, 3.63) is 64.7 Å². The topological polar surface area (TPSA) is 35.2 Å². The number of ether oxygens (including phenoxy) is 1. The van der Waals surface area contributed by atoms with Crippen molar-refractivity contribution in [1.29, 1.82) is 0 Å². The molecular weight excluding hydrogens is 258 g/mol. The molecule has 0 saturated carbocycles. The lowest BCUT2D eigenvalue weighted by molar-refractivity contribution is 0.340. The van der Waals surface area contributed by atoms with Crippen LogP contribution < -0.4 is 10.5 Å². The van der Waals surface area contributed by atoms with Crippen molar-refractivity contribution >= 4 is 0 Å². The summed E-state index contributed by atoms with van der Waals surface area (Å²) in [6.45, 7) is 7.63. The van der Waals surface area contributed by atoms with Crippen LogP contribution in [0.5, 0.6) is 5.75 Å². The van der Waals surface area contributed by atoms with E-state index in [1.165, 1.54) is 22.3 Å². The van der Waals surface area contributed by atoms with E-state index in [4.69, 9.17) is 10.5 Å². The van der Waals surface area contributed by atoms with Crippen LogP contribution in [0.4, 0.5) is 0 Å². The Morgan fingerprint density at radius 1 is 1.05 bits per heavy atom. The smallest absolute Gasteiger partial charge is 0.119 e. The van der Waals surface area contributed by atoms with Gasteiger partial charge in [0.2, 0.25) is 0 Å². The van der Waals surface area contributed by atoms with Crippen molar-refractivity contribution in [2.75, 3.05) is 13.2 Å². The molecule has 0 heterocycles. The summed E-state index contributed by atoms with van der Waals surface area (Å²) >= 11 is 0. The molecular formula is C19H25NO. The largest absolute Gasteiger partial charge is 0.494 e. The Labute approximate surface area is 127 Å². The van der Waals surface area contributed by atoms with Crippen LogP contribution in [-0.2, 0) is 6.42 Å². The van der Waals surface area contributed by atoms with Crippen LogP contribution in [0.1, 0.15) is 35.1 Å². The van der Waals surface area contributed by atoms with Crippen LogP contribution in [0, 0.1) is 13.8 Å². The first-order valence-electron chi connectivity index (χ1n) is 7.62. The molecule has 2 aromatic rings. The molecule has 0 fully saturated rings. The van der Waals surface area contributed by atoms with Crippen molar-refractivity contribution in [3.8, 4) is 5.75 Å². The lowest BCUT2D eigenvalue weighted by Crippen LogP contribution is -2.15. The normalized spacial score (nSPS) is 12.2. The number of hydrogen-bond donors (Lipinski definition) is 1. The molecule has 21 heavy (non-hydrogen) atoms. The summed E-state index contributed by atoms with van der Waals surface area (Å²) in [6, 6.07) is 15.0. The zero-order valence-corrected chi connectivity index (χ0v) is 13.2. The van der Waals surface area contributed by atoms with Gasteiger partial charge in [-0.3, -0.25) is 0 Å². The summed E-state index contributed by atoms with van der Waals surface area (Å²) in [5.41, 5.74) is 11.2. The van der Waals surface area contributed by atoms with E-state index in [9.17, 15) is 0 Å². The van der Waals surface area contributed by atoms with Gasteiger partial charge >= 0.3 is 0 Å². The van der Waals surface area contributed by atoms with Gasteiger partial charge in [0.1, 0.15) is 5.75 Å². The molecule has 2 aromatic carbocycles. The minimum Gasteiger partial charge on any atom is -0.494 e. The summed E-state index contributed by atoms with van der Waals surface area (Å²) in [6.07, 6.45) is 0.945. The van der Waals surface area contributed by atoms with Gasteiger partial charge in [0.15, 0.2) is 0 Å². The molecule has 1 atom stereocenters. The fourth-order valence-electron chi connectivity index (χ4n) is 2.80. The Balaban J connectivity index is 2.20. The summed E-state index contributed by atoms with van der Waals surface area (Å²) in [5, 5.41) is 0. The molecule has 2 rings (SSSR count). The van der Waals surface area contributed by atoms with E-state index in [1.807, 2.05) is 13.0 Å². The van der Waals surface area contributed by atoms with Crippen LogP contribution >= 0.6 is 0 Å². The lowest BCUT2D eigenvalue weighted by atomic mass is 9.90. The molecule has 112 valence electrons. The average Bonchev–Trinajstić information content (AvgIpc) is 2.44. The van der Waals surface area contributed by atoms with Gasteiger partial charge in [0.05, 0.1) is 6.61 Å². The summed E-state index contributed by atoms with van der Waals surface area (Å²) in [4.78, 5) is 0. The first-order valence-corrected chi connectivity index (χ1v) is 7.62. The van der Waals surface area contributed by atoms with Gasteiger partial charge in [-0.05, 0) is 57.0 Å². The fourth-order valence-corrected chi connectivity index (χ4v) is 2.80. The van der Waals surface area contributed by atoms with E-state index in [0.717, 1.165) is 12.2 Å². The molecule has 0 radical (unpaired) electrons. The third-order valence-electron chi connectivity index (χ3n) is 3.69. The number of nitrogens with two attached hydrogens (primary N) is 1. The Hall–Kier alpha value is -1.80. The quantitative estimate of drug-likeness (QED) is 0.870. The van der Waals surface area contributed by atoms with Crippen molar-refractivity contribution in [2.24, 2.45) is 5.73 Å². The standard InChI is InChI=1S/C19H25NO/c1-4-21-19-7-5-6-16(12-19)11-18(13-20)17-9-14(2)8-15(3)10-17/h5-10,12,18H,4,11,13,20H2,1-3H3. The fraction of sp³-hybridized carbons (Fsp3) is 0.368. The predicted octanol–water partition coefficient (Wildman–Crippen LogP) is 3.99. The molecule has 0 amide bonds. The van der Waals surface area contributed by atoms with Gasteiger partial charge < -0.3 is 10.5 Å². The van der Waals surface area contributed by atoms with Crippen LogP contribution in [0.3, 0.4) is 0 Å². The highest BCUT2D eigenvalue weighted by molar-refractivity contribution is 5.34. The molecule has 2 heteroatoms. The molecule has 0 saturated heterocycles. The maximum atomic E-state index is 6.02. The Morgan fingerprint density at radius 2 is 1.76 bits per heavy atom. The van der Waals surface area contributed by atoms with Gasteiger partial charge in [-0.1, -0.05) is 41.5 Å². The van der Waals surface area contributed by atoms with E-state index in [0.29, 0.717) is 19.1 Å². The molecule has 0 spiro atoms. The second-order valence-electron chi connectivity index (χ2n) is 5.64. The maximum absolute atomic E-state index is 6.02. The van der Waals surface area contributed by atoms with E-state index in [-0.39, 0.29) is 0 Å². The molecule has 2 nitrogen and oxygen atoms in total. The van der Waals surface area contributed by atoms with Gasteiger partial charge in [-0.2, -0.15) is 0 Å². The summed E-state index contributed by atoms with van der Waals surface area (Å²) in [7, 11) is 0. The number of hydrogen-bond acceptors (Lipinski definition) is 2. The van der Waals surface area contributed by atoms with Crippen LogP contribution in [-0.4, -0.2) is 13.2 Å². The van der Waals surface area contributed by atoms with Crippen molar-refractivity contribution < 1.29 is 4.74 Å². The predicted molar refractivity (Wildman–Crippen MR) is 89.0 cm³/mol. The van der Waals surface area contributed by atoms with Crippen LogP contribution in [0.25, 0.3) is 0 Å². The molecule has 0 aliphatic heterocycles. The van der Waals surface area contributed by atoms with E-state index in [2.05, 4.69) is 50.2 Å². The average molecular weight is 283 g/mol. The van der Waals surface area contributed by atoms with E-state index >= 15 is 0 Å². The highest BCUT2D eigenvalue weighted by Crippen LogP contribution is 2.24. The van der Waals surface area contributed by atoms with Gasteiger partial charge in [-0.25, -0.2) is 0 Å². The summed E-state index contributed by atoms with van der Waals surface area (Å²) in [5.74, 6) is 1.28. The van der Waals surface area contributed by atoms with E-state index in [1.54, 1.807) is 0 Å². The molecule has 1 unspecified atom stereocenters. The maximum Gasteiger partial charge on any atom is 0.119 e. The number of aryl methyl sites for hydroxylation is 2. The second kappa shape index (κ2) is 7.28. The molecule has 0 bridgehead atoms. The number of benzene rings is 2. The SMILES string of the molecule is CCOc1cccc(CC(CN)c2cc(C)cc(C)c2)c1. The van der Waals surface area contributed by atoms with Crippen molar-refractivity contribution in [3.63, 3.8) is 0 Å². The van der Waals surface area contributed by atoms with E-state index < -0.39 is 0 Å². The van der Waals surface area contributed by atoms with Crippen LogP contribution in [0.15, 0.2) is 42.5 Å². The molecule has 0 aliphatic carbocycles. The molecule has 2 N–H and O–H groups in total. The lowest BCUT2D eigenvalue weighted by Gasteiger charge is -2.17. The van der Waals surface area contributed by atoms with Crippen LogP contribution in [0.2, 0.25) is 0 Å². The first kappa shape index (κ1) is 15.6. The van der Waals surface area contributed by atoms with Crippen molar-refractivity contribution in [1.82, 2.24) is 0 Å². The monoisotopic (exact) mass is 283 g/mol. The Bertz CT molecular complexity index is 572.